The number of fused-ring (bicyclic) bond motifs is 1. The van der Waals surface area contributed by atoms with Crippen molar-refractivity contribution in [2.24, 2.45) is 0 Å². The highest BCUT2D eigenvalue weighted by molar-refractivity contribution is 8.13. The number of hydrogen-bond acceptors (Lipinski definition) is 7. The third-order valence-electron chi connectivity index (χ3n) is 6.57. The van der Waals surface area contributed by atoms with Crippen LogP contribution in [0.25, 0.3) is 10.9 Å². The van der Waals surface area contributed by atoms with E-state index in [0.717, 1.165) is 10.6 Å². The quantitative estimate of drug-likeness (QED) is 0.266. The summed E-state index contributed by atoms with van der Waals surface area (Å²) in [5.74, 6) is 0. The molecule has 1 aliphatic heterocycles. The molecule has 1 fully saturated rings. The monoisotopic (exact) mass is 601 g/mol. The highest BCUT2D eigenvalue weighted by Gasteiger charge is 2.37. The van der Waals surface area contributed by atoms with E-state index >= 15 is 0 Å². The highest BCUT2D eigenvalue weighted by Crippen LogP contribution is 2.34. The zero-order chi connectivity index (χ0) is 30.7. The summed E-state index contributed by atoms with van der Waals surface area (Å²) >= 11 is 0. The van der Waals surface area contributed by atoms with Crippen LogP contribution in [0.15, 0.2) is 47.5 Å². The first-order valence-corrected chi connectivity index (χ1v) is 15.8. The van der Waals surface area contributed by atoms with Gasteiger partial charge < -0.3 is 15.4 Å². The standard InChI is InChI=1S/C28H36FN7O5S/c1-28(2,3)41-27(38)31-12-6-13-35-18-32-23-10-9-20(15-21(23)26(35)37)33-24-7-5-8-25(22(24)16-30)34-42(4,39,40)36-14-11-19(29)17-36/h5,7-10,15,18-19,33H,6,11-14,17H2,1-4H3,(H,31,38)(H2,34,39,40)/t19-/m1/s1. The molecule has 1 saturated heterocycles. The summed E-state index contributed by atoms with van der Waals surface area (Å²) in [6.07, 6.45) is 1.45. The Labute approximate surface area is 243 Å². The Bertz CT molecular complexity index is 1660. The summed E-state index contributed by atoms with van der Waals surface area (Å²) in [6.45, 7) is 5.88. The average molecular weight is 602 g/mol. The number of ether oxygens (including phenoxy) is 1. The lowest BCUT2D eigenvalue weighted by atomic mass is 10.1. The maximum Gasteiger partial charge on any atom is 0.407 e. The van der Waals surface area contributed by atoms with Gasteiger partial charge in [-0.15, -0.1) is 0 Å². The number of rotatable bonds is 9. The third kappa shape index (κ3) is 7.41. The molecule has 3 aromatic rings. The maximum atomic E-state index is 13.8. The van der Waals surface area contributed by atoms with Gasteiger partial charge in [0.25, 0.3) is 5.56 Å². The molecule has 42 heavy (non-hydrogen) atoms. The number of nitriles is 1. The molecule has 0 saturated carbocycles. The van der Waals surface area contributed by atoms with Gasteiger partial charge in [0, 0.05) is 25.3 Å². The molecule has 1 atom stereocenters. The van der Waals surface area contributed by atoms with E-state index in [-0.39, 0.29) is 36.3 Å². The van der Waals surface area contributed by atoms with E-state index in [2.05, 4.69) is 26.4 Å². The minimum Gasteiger partial charge on any atom is -0.444 e. The molecule has 0 bridgehead atoms. The van der Waals surface area contributed by atoms with Gasteiger partial charge in [0.05, 0.1) is 41.4 Å². The summed E-state index contributed by atoms with van der Waals surface area (Å²) in [6, 6.07) is 11.8. The third-order valence-corrected chi connectivity index (χ3v) is 8.81. The SMILES string of the molecule is CC(C)(C)OC(=O)NCCCn1cnc2ccc(Nc3cccc(NS(C)(=O)(O)N4CC[C@@H](F)C4)c3C#N)cc2c1=O. The van der Waals surface area contributed by atoms with Gasteiger partial charge in [-0.2, -0.15) is 13.8 Å². The minimum absolute atomic E-state index is 0.0735. The highest BCUT2D eigenvalue weighted by atomic mass is 32.3. The van der Waals surface area contributed by atoms with Crippen molar-refractivity contribution >= 4 is 43.8 Å². The van der Waals surface area contributed by atoms with Gasteiger partial charge in [-0.25, -0.2) is 14.2 Å². The Morgan fingerprint density at radius 2 is 2.02 bits per heavy atom. The number of anilines is 3. The van der Waals surface area contributed by atoms with E-state index in [1.807, 2.05) is 0 Å². The lowest BCUT2D eigenvalue weighted by Gasteiger charge is -2.47. The fourth-order valence-electron chi connectivity index (χ4n) is 4.56. The van der Waals surface area contributed by atoms with Crippen LogP contribution >= 0.6 is 0 Å². The average Bonchev–Trinajstić information content (AvgIpc) is 3.34. The zero-order valence-corrected chi connectivity index (χ0v) is 24.8. The Hall–Kier alpha value is -4.06. The van der Waals surface area contributed by atoms with Crippen LogP contribution in [0.3, 0.4) is 0 Å². The number of amides is 1. The molecule has 0 radical (unpaired) electrons. The van der Waals surface area contributed by atoms with Crippen LogP contribution in [0, 0.1) is 11.3 Å². The smallest absolute Gasteiger partial charge is 0.407 e. The second-order valence-electron chi connectivity index (χ2n) is 11.3. The number of aryl methyl sites for hydroxylation is 1. The van der Waals surface area contributed by atoms with Crippen molar-refractivity contribution in [2.75, 3.05) is 35.9 Å². The van der Waals surface area contributed by atoms with Gasteiger partial charge in [0.2, 0.25) is 0 Å². The molecule has 226 valence electrons. The predicted molar refractivity (Wildman–Crippen MR) is 161 cm³/mol. The predicted octanol–water partition coefficient (Wildman–Crippen LogP) is 4.14. The fraction of sp³-hybridized carbons (Fsp3) is 0.429. The molecule has 12 nitrogen and oxygen atoms in total. The van der Waals surface area contributed by atoms with Crippen LogP contribution in [-0.2, 0) is 21.0 Å². The van der Waals surface area contributed by atoms with Crippen molar-refractivity contribution in [3.8, 4) is 6.07 Å². The lowest BCUT2D eigenvalue weighted by Crippen LogP contribution is -2.54. The number of benzene rings is 2. The van der Waals surface area contributed by atoms with Crippen LogP contribution in [-0.4, -0.2) is 66.4 Å². The van der Waals surface area contributed by atoms with E-state index in [0.29, 0.717) is 41.8 Å². The number of carbonyl (C=O) groups is 1. The molecule has 2 aromatic carbocycles. The van der Waals surface area contributed by atoms with Crippen LogP contribution in [0.4, 0.5) is 26.2 Å². The fourth-order valence-corrected chi connectivity index (χ4v) is 6.42. The molecule has 0 spiro atoms. The van der Waals surface area contributed by atoms with Gasteiger partial charge in [-0.1, -0.05) is 15.8 Å². The van der Waals surface area contributed by atoms with E-state index in [1.165, 1.54) is 17.0 Å². The molecule has 1 aliphatic rings. The number of nitrogens with zero attached hydrogens (tertiary/aromatic N) is 4. The molecule has 14 heteroatoms. The second kappa shape index (κ2) is 11.7. The van der Waals surface area contributed by atoms with Crippen molar-refractivity contribution in [3.63, 3.8) is 0 Å². The summed E-state index contributed by atoms with van der Waals surface area (Å²) in [5.41, 5.74) is 0.622. The summed E-state index contributed by atoms with van der Waals surface area (Å²) in [7, 11) is -4.66. The van der Waals surface area contributed by atoms with E-state index < -0.39 is 27.6 Å². The molecular weight excluding hydrogens is 565 g/mol. The van der Waals surface area contributed by atoms with Gasteiger partial charge >= 0.3 is 6.09 Å². The van der Waals surface area contributed by atoms with Crippen LogP contribution in [0.2, 0.25) is 0 Å². The lowest BCUT2D eigenvalue weighted by molar-refractivity contribution is 0.0526. The summed E-state index contributed by atoms with van der Waals surface area (Å²) in [5, 5.41) is 16.1. The van der Waals surface area contributed by atoms with Crippen LogP contribution in [0.1, 0.15) is 39.2 Å². The number of aromatic nitrogens is 2. The Balaban J connectivity index is 1.51. The first-order valence-electron chi connectivity index (χ1n) is 13.5. The van der Waals surface area contributed by atoms with Gasteiger partial charge in [-0.3, -0.25) is 18.6 Å². The molecule has 4 rings (SSSR count). The van der Waals surface area contributed by atoms with Gasteiger partial charge in [-0.05, 0) is 63.9 Å². The van der Waals surface area contributed by atoms with Gasteiger partial charge in [0.1, 0.15) is 23.4 Å². The molecule has 0 unspecified atom stereocenters. The van der Waals surface area contributed by atoms with Crippen LogP contribution in [0.5, 0.6) is 0 Å². The number of halogens is 1. The van der Waals surface area contributed by atoms with Gasteiger partial charge in [0.15, 0.2) is 0 Å². The number of carbonyl (C=O) groups excluding carboxylic acids is 1. The van der Waals surface area contributed by atoms with E-state index in [4.69, 9.17) is 4.74 Å². The van der Waals surface area contributed by atoms with Crippen molar-refractivity contribution in [2.45, 2.75) is 51.9 Å². The van der Waals surface area contributed by atoms with Crippen molar-refractivity contribution in [1.29, 1.82) is 5.26 Å². The molecule has 2 heterocycles. The van der Waals surface area contributed by atoms with E-state index in [1.54, 1.807) is 51.1 Å². The van der Waals surface area contributed by atoms with Crippen molar-refractivity contribution < 1.29 is 22.7 Å². The normalized spacial score (nSPS) is 16.8. The topological polar surface area (TPSA) is 162 Å². The first kappa shape index (κ1) is 30.9. The summed E-state index contributed by atoms with van der Waals surface area (Å²) in [4.78, 5) is 29.4. The number of hydrogen-bond donors (Lipinski definition) is 4. The Kier molecular flexibility index (Phi) is 8.58. The Morgan fingerprint density at radius 1 is 1.29 bits per heavy atom. The molecule has 1 aromatic heterocycles. The molecule has 4 N–H and O–H groups in total. The molecular formula is C28H36FN7O5S. The maximum absolute atomic E-state index is 13.8. The van der Waals surface area contributed by atoms with Crippen molar-refractivity contribution in [1.82, 2.24) is 19.2 Å². The molecule has 0 aliphatic carbocycles. The Morgan fingerprint density at radius 3 is 2.69 bits per heavy atom. The summed E-state index contributed by atoms with van der Waals surface area (Å²) < 4.78 is 48.6. The van der Waals surface area contributed by atoms with Crippen LogP contribution < -0.4 is 20.9 Å². The number of alkyl carbamates (subject to hydrolysis) is 1. The number of nitrogens with one attached hydrogen (secondary N) is 3. The van der Waals surface area contributed by atoms with Crippen molar-refractivity contribution in [3.05, 3.63) is 58.6 Å². The second-order valence-corrected chi connectivity index (χ2v) is 14.5. The minimum atomic E-state index is -4.66. The number of alkyl halides is 1. The molecule has 1 amide bonds. The first-order chi connectivity index (χ1) is 19.6. The largest absolute Gasteiger partial charge is 0.444 e. The zero-order valence-electron chi connectivity index (χ0n) is 24.0. The van der Waals surface area contributed by atoms with E-state index in [9.17, 15) is 28.0 Å².